The van der Waals surface area contributed by atoms with Gasteiger partial charge in [0.05, 0.1) is 21.3 Å². The lowest BCUT2D eigenvalue weighted by atomic mass is 9.73. The van der Waals surface area contributed by atoms with Crippen molar-refractivity contribution in [3.8, 4) is 45.6 Å². The standard InChI is InChI=1S/C27H32O9/c1-8-13(2)26(29)36-25-16-11-17(31-5)23(32-6)24(33-7)20(16)19-15(9-14(3)27(25,4)30)10-18-22(21(19)28)35-12-34-18/h8,10-11,14,25,28,30H,9,12H2,1-7H3/b13-8+/t14-,25-,27-/m0/s1. The van der Waals surface area contributed by atoms with Crippen molar-refractivity contribution in [2.24, 2.45) is 5.92 Å². The van der Waals surface area contributed by atoms with Gasteiger partial charge < -0.3 is 38.6 Å². The molecule has 2 aromatic carbocycles. The molecule has 194 valence electrons. The summed E-state index contributed by atoms with van der Waals surface area (Å²) < 4.78 is 34.1. The molecule has 4 rings (SSSR count). The highest BCUT2D eigenvalue weighted by atomic mass is 16.7. The molecule has 0 radical (unpaired) electrons. The molecule has 0 aromatic heterocycles. The number of benzene rings is 2. The Balaban J connectivity index is 2.14. The summed E-state index contributed by atoms with van der Waals surface area (Å²) in [7, 11) is 4.41. The molecule has 0 unspecified atom stereocenters. The molecule has 36 heavy (non-hydrogen) atoms. The van der Waals surface area contributed by atoms with Crippen LogP contribution in [0, 0.1) is 5.92 Å². The van der Waals surface area contributed by atoms with Crippen LogP contribution in [0.1, 0.15) is 44.9 Å². The van der Waals surface area contributed by atoms with Gasteiger partial charge in [0.1, 0.15) is 5.60 Å². The minimum absolute atomic E-state index is 0.0299. The van der Waals surface area contributed by atoms with Crippen LogP contribution < -0.4 is 23.7 Å². The summed E-state index contributed by atoms with van der Waals surface area (Å²) >= 11 is 0. The number of carbonyl (C=O) groups is 1. The number of carbonyl (C=O) groups excluding carboxylic acids is 1. The van der Waals surface area contributed by atoms with Gasteiger partial charge in [0.25, 0.3) is 0 Å². The van der Waals surface area contributed by atoms with E-state index < -0.39 is 23.6 Å². The van der Waals surface area contributed by atoms with Crippen LogP contribution in [0.3, 0.4) is 0 Å². The van der Waals surface area contributed by atoms with E-state index in [0.717, 1.165) is 0 Å². The molecule has 2 aliphatic rings. The maximum atomic E-state index is 13.0. The molecule has 0 saturated carbocycles. The number of hydrogen-bond donors (Lipinski definition) is 2. The average Bonchev–Trinajstić information content (AvgIpc) is 3.34. The van der Waals surface area contributed by atoms with E-state index in [1.165, 1.54) is 21.3 Å². The van der Waals surface area contributed by atoms with Crippen LogP contribution in [0.15, 0.2) is 23.8 Å². The van der Waals surface area contributed by atoms with Crippen molar-refractivity contribution in [3.05, 3.63) is 34.9 Å². The zero-order chi connectivity index (χ0) is 26.4. The number of phenolic OH excluding ortho intramolecular Hbond substituents is 1. The lowest BCUT2D eigenvalue weighted by Gasteiger charge is -2.41. The number of aromatic hydroxyl groups is 1. The second kappa shape index (κ2) is 9.46. The number of rotatable bonds is 5. The molecule has 9 heteroatoms. The molecule has 0 bridgehead atoms. The van der Waals surface area contributed by atoms with Crippen LogP contribution >= 0.6 is 0 Å². The monoisotopic (exact) mass is 500 g/mol. The minimum Gasteiger partial charge on any atom is -0.504 e. The molecule has 1 aliphatic heterocycles. The highest BCUT2D eigenvalue weighted by Gasteiger charge is 2.47. The molecule has 1 heterocycles. The molecule has 0 saturated heterocycles. The second-order valence-electron chi connectivity index (χ2n) is 9.19. The van der Waals surface area contributed by atoms with Gasteiger partial charge in [-0.25, -0.2) is 4.79 Å². The Morgan fingerprint density at radius 3 is 2.42 bits per heavy atom. The molecule has 2 aromatic rings. The summed E-state index contributed by atoms with van der Waals surface area (Å²) in [5.41, 5.74) is 0.759. The van der Waals surface area contributed by atoms with Gasteiger partial charge in [0.2, 0.25) is 18.3 Å². The molecular formula is C27H32O9. The van der Waals surface area contributed by atoms with Gasteiger partial charge in [-0.3, -0.25) is 0 Å². The first kappa shape index (κ1) is 25.5. The van der Waals surface area contributed by atoms with E-state index in [1.54, 1.807) is 39.0 Å². The van der Waals surface area contributed by atoms with Gasteiger partial charge in [-0.2, -0.15) is 0 Å². The summed E-state index contributed by atoms with van der Waals surface area (Å²) in [6.45, 7) is 6.83. The van der Waals surface area contributed by atoms with E-state index >= 15 is 0 Å². The van der Waals surface area contributed by atoms with Crippen molar-refractivity contribution < 1.29 is 43.4 Å². The van der Waals surface area contributed by atoms with E-state index in [1.807, 2.05) is 6.92 Å². The lowest BCUT2D eigenvalue weighted by molar-refractivity contribution is -0.166. The van der Waals surface area contributed by atoms with E-state index in [4.69, 9.17) is 28.4 Å². The van der Waals surface area contributed by atoms with Gasteiger partial charge in [0.15, 0.2) is 29.1 Å². The predicted molar refractivity (Wildman–Crippen MR) is 131 cm³/mol. The fourth-order valence-corrected chi connectivity index (χ4v) is 4.77. The zero-order valence-corrected chi connectivity index (χ0v) is 21.6. The molecular weight excluding hydrogens is 468 g/mol. The number of hydrogen-bond acceptors (Lipinski definition) is 9. The number of esters is 1. The topological polar surface area (TPSA) is 113 Å². The largest absolute Gasteiger partial charge is 0.504 e. The van der Waals surface area contributed by atoms with Crippen molar-refractivity contribution in [3.63, 3.8) is 0 Å². The Labute approximate surface area is 210 Å². The predicted octanol–water partition coefficient (Wildman–Crippen LogP) is 4.31. The van der Waals surface area contributed by atoms with Gasteiger partial charge in [0, 0.05) is 22.3 Å². The van der Waals surface area contributed by atoms with Crippen LogP contribution in [0.4, 0.5) is 0 Å². The number of ether oxygens (including phenoxy) is 6. The summed E-state index contributed by atoms with van der Waals surface area (Å²) in [6.07, 6.45) is 0.832. The van der Waals surface area contributed by atoms with E-state index in [9.17, 15) is 15.0 Å². The normalized spacial score (nSPS) is 22.6. The Kier molecular flexibility index (Phi) is 6.70. The maximum absolute atomic E-state index is 13.0. The molecule has 3 atom stereocenters. The lowest BCUT2D eigenvalue weighted by Crippen LogP contribution is -2.44. The highest BCUT2D eigenvalue weighted by Crippen LogP contribution is 2.58. The van der Waals surface area contributed by atoms with Crippen LogP contribution in [-0.4, -0.2) is 49.9 Å². The van der Waals surface area contributed by atoms with Gasteiger partial charge in [-0.15, -0.1) is 0 Å². The molecule has 9 nitrogen and oxygen atoms in total. The SMILES string of the molecule is C/C=C(\C)C(=O)O[C@H]1c2cc(OC)c(OC)c(OC)c2-c2c(cc3c(c2O)OCO3)C[C@H](C)[C@]1(C)O. The van der Waals surface area contributed by atoms with Crippen molar-refractivity contribution in [2.45, 2.75) is 45.8 Å². The Morgan fingerprint density at radius 2 is 1.81 bits per heavy atom. The van der Waals surface area contributed by atoms with Crippen molar-refractivity contribution in [1.29, 1.82) is 0 Å². The number of phenols is 1. The van der Waals surface area contributed by atoms with E-state index in [2.05, 4.69) is 0 Å². The highest BCUT2D eigenvalue weighted by molar-refractivity contribution is 5.90. The minimum atomic E-state index is -1.52. The fraction of sp³-hybridized carbons (Fsp3) is 0.444. The van der Waals surface area contributed by atoms with Crippen molar-refractivity contribution in [2.75, 3.05) is 28.1 Å². The van der Waals surface area contributed by atoms with Gasteiger partial charge in [-0.05, 0) is 50.8 Å². The summed E-state index contributed by atoms with van der Waals surface area (Å²) in [5.74, 6) is 0.317. The quantitative estimate of drug-likeness (QED) is 0.458. The Morgan fingerprint density at radius 1 is 1.11 bits per heavy atom. The van der Waals surface area contributed by atoms with E-state index in [-0.39, 0.29) is 29.8 Å². The molecule has 1 aliphatic carbocycles. The molecule has 0 fully saturated rings. The number of aliphatic hydroxyl groups is 1. The first-order valence-corrected chi connectivity index (χ1v) is 11.6. The summed E-state index contributed by atoms with van der Waals surface area (Å²) in [4.78, 5) is 13.0. The third-order valence-corrected chi connectivity index (χ3v) is 7.15. The fourth-order valence-electron chi connectivity index (χ4n) is 4.77. The summed E-state index contributed by atoms with van der Waals surface area (Å²) in [5, 5.41) is 23.3. The first-order chi connectivity index (χ1) is 17.1. The molecule has 2 N–H and O–H groups in total. The Bertz CT molecular complexity index is 1230. The summed E-state index contributed by atoms with van der Waals surface area (Å²) in [6, 6.07) is 3.43. The smallest absolute Gasteiger partial charge is 0.334 e. The first-order valence-electron chi connectivity index (χ1n) is 11.6. The van der Waals surface area contributed by atoms with Gasteiger partial charge >= 0.3 is 5.97 Å². The maximum Gasteiger partial charge on any atom is 0.334 e. The number of fused-ring (bicyclic) bond motifs is 4. The third-order valence-electron chi connectivity index (χ3n) is 7.15. The molecule has 0 amide bonds. The van der Waals surface area contributed by atoms with Crippen LogP contribution in [0.2, 0.25) is 0 Å². The van der Waals surface area contributed by atoms with Crippen molar-refractivity contribution >= 4 is 5.97 Å². The van der Waals surface area contributed by atoms with Crippen LogP contribution in [-0.2, 0) is 16.0 Å². The van der Waals surface area contributed by atoms with Gasteiger partial charge in [-0.1, -0.05) is 13.0 Å². The third kappa shape index (κ3) is 3.87. The van der Waals surface area contributed by atoms with Crippen LogP contribution in [0.25, 0.3) is 11.1 Å². The molecule has 0 spiro atoms. The van der Waals surface area contributed by atoms with Crippen molar-refractivity contribution in [1.82, 2.24) is 0 Å². The van der Waals surface area contributed by atoms with E-state index in [0.29, 0.717) is 45.7 Å². The number of allylic oxidation sites excluding steroid dienone is 1. The van der Waals surface area contributed by atoms with Crippen LogP contribution in [0.5, 0.6) is 34.5 Å². The zero-order valence-electron chi connectivity index (χ0n) is 21.6. The average molecular weight is 501 g/mol. The Hall–Kier alpha value is -3.59. The number of methoxy groups -OCH3 is 3. The second-order valence-corrected chi connectivity index (χ2v) is 9.19.